The second-order valence-electron chi connectivity index (χ2n) is 2.92. The van der Waals surface area contributed by atoms with E-state index >= 15 is 0 Å². The molecule has 1 heterocycles. The third kappa shape index (κ3) is 2.44. The van der Waals surface area contributed by atoms with E-state index < -0.39 is 0 Å². The maximum Gasteiger partial charge on any atom is 0.152 e. The van der Waals surface area contributed by atoms with Crippen molar-refractivity contribution in [1.29, 1.82) is 0 Å². The Morgan fingerprint density at radius 3 is 3.20 bits per heavy atom. The number of thiazole rings is 1. The van der Waals surface area contributed by atoms with Crippen molar-refractivity contribution >= 4 is 39.0 Å². The van der Waals surface area contributed by atoms with E-state index in [-0.39, 0.29) is 0 Å². The Kier molecular flexibility index (Phi) is 3.14. The van der Waals surface area contributed by atoms with Gasteiger partial charge in [0.2, 0.25) is 0 Å². The standard InChI is InChI=1S/C11H10N2S2/c1-2-3-6-14-11-13-9-5-4-8(12)7-10(9)15-11/h4-5,7H,6,12H2,1H3. The highest BCUT2D eigenvalue weighted by Crippen LogP contribution is 2.30. The van der Waals surface area contributed by atoms with Gasteiger partial charge in [0.25, 0.3) is 0 Å². The molecule has 0 saturated heterocycles. The van der Waals surface area contributed by atoms with Crippen LogP contribution in [0.25, 0.3) is 10.2 Å². The molecule has 1 aromatic carbocycles. The van der Waals surface area contributed by atoms with Crippen molar-refractivity contribution in [3.63, 3.8) is 0 Å². The number of rotatable bonds is 2. The van der Waals surface area contributed by atoms with Gasteiger partial charge in [0.05, 0.1) is 16.0 Å². The van der Waals surface area contributed by atoms with Crippen molar-refractivity contribution < 1.29 is 0 Å². The van der Waals surface area contributed by atoms with E-state index in [0.717, 1.165) is 26.0 Å². The second kappa shape index (κ2) is 4.56. The maximum atomic E-state index is 5.70. The minimum absolute atomic E-state index is 0.788. The van der Waals surface area contributed by atoms with Crippen LogP contribution in [-0.2, 0) is 0 Å². The zero-order valence-electron chi connectivity index (χ0n) is 8.28. The molecule has 0 aliphatic carbocycles. The smallest absolute Gasteiger partial charge is 0.152 e. The first kappa shape index (κ1) is 10.3. The van der Waals surface area contributed by atoms with Crippen molar-refractivity contribution in [2.45, 2.75) is 11.3 Å². The Hall–Kier alpha value is -1.18. The predicted molar refractivity (Wildman–Crippen MR) is 68.2 cm³/mol. The average Bonchev–Trinajstić information content (AvgIpc) is 2.60. The number of nitrogens with two attached hydrogens (primary N) is 1. The summed E-state index contributed by atoms with van der Waals surface area (Å²) in [5.41, 5.74) is 7.51. The maximum absolute atomic E-state index is 5.70. The third-order valence-corrected chi connectivity index (χ3v) is 3.88. The summed E-state index contributed by atoms with van der Waals surface area (Å²) in [7, 11) is 0. The highest BCUT2D eigenvalue weighted by molar-refractivity contribution is 8.01. The lowest BCUT2D eigenvalue weighted by atomic mass is 10.3. The molecule has 0 saturated carbocycles. The normalized spacial score (nSPS) is 9.93. The molecule has 2 rings (SSSR count). The minimum Gasteiger partial charge on any atom is -0.399 e. The second-order valence-corrected chi connectivity index (χ2v) is 5.18. The Balaban J connectivity index is 2.25. The average molecular weight is 234 g/mol. The first-order valence-electron chi connectivity index (χ1n) is 4.48. The van der Waals surface area contributed by atoms with E-state index in [1.54, 1.807) is 23.1 Å². The molecular formula is C11H10N2S2. The van der Waals surface area contributed by atoms with E-state index in [0.29, 0.717) is 0 Å². The first-order chi connectivity index (χ1) is 7.29. The Bertz CT molecular complexity index is 534. The summed E-state index contributed by atoms with van der Waals surface area (Å²) in [4.78, 5) is 4.48. The quantitative estimate of drug-likeness (QED) is 0.493. The summed E-state index contributed by atoms with van der Waals surface area (Å²) in [6, 6.07) is 5.79. The number of benzene rings is 1. The fourth-order valence-corrected chi connectivity index (χ4v) is 3.08. The Morgan fingerprint density at radius 1 is 1.53 bits per heavy atom. The lowest BCUT2D eigenvalue weighted by Crippen LogP contribution is -1.81. The number of hydrogen-bond donors (Lipinski definition) is 1. The van der Waals surface area contributed by atoms with Crippen LogP contribution in [0.4, 0.5) is 5.69 Å². The summed E-state index contributed by atoms with van der Waals surface area (Å²) < 4.78 is 2.19. The summed E-state index contributed by atoms with van der Waals surface area (Å²) in [6.45, 7) is 1.85. The van der Waals surface area contributed by atoms with Crippen molar-refractivity contribution in [1.82, 2.24) is 4.98 Å². The molecule has 0 spiro atoms. The molecule has 4 heteroatoms. The number of nitrogen functional groups attached to an aromatic ring is 1. The van der Waals surface area contributed by atoms with Crippen LogP contribution >= 0.6 is 23.1 Å². The number of fused-ring (bicyclic) bond motifs is 1. The molecule has 0 aliphatic heterocycles. The number of anilines is 1. The summed E-state index contributed by atoms with van der Waals surface area (Å²) >= 11 is 3.34. The number of aromatic nitrogens is 1. The van der Waals surface area contributed by atoms with Gasteiger partial charge < -0.3 is 5.73 Å². The zero-order chi connectivity index (χ0) is 10.7. The van der Waals surface area contributed by atoms with Gasteiger partial charge in [-0.3, -0.25) is 0 Å². The molecular weight excluding hydrogens is 224 g/mol. The highest BCUT2D eigenvalue weighted by atomic mass is 32.2. The number of thioether (sulfide) groups is 1. The molecule has 2 N–H and O–H groups in total. The van der Waals surface area contributed by atoms with Gasteiger partial charge in [0.15, 0.2) is 4.34 Å². The van der Waals surface area contributed by atoms with Crippen molar-refractivity contribution in [2.24, 2.45) is 0 Å². The van der Waals surface area contributed by atoms with Crippen molar-refractivity contribution in [3.8, 4) is 11.8 Å². The van der Waals surface area contributed by atoms with Crippen LogP contribution in [0.5, 0.6) is 0 Å². The molecule has 76 valence electrons. The van der Waals surface area contributed by atoms with E-state index in [1.807, 2.05) is 25.1 Å². The number of hydrogen-bond acceptors (Lipinski definition) is 4. The van der Waals surface area contributed by atoms with Gasteiger partial charge >= 0.3 is 0 Å². The summed E-state index contributed by atoms with van der Waals surface area (Å²) in [5.74, 6) is 6.67. The predicted octanol–water partition coefficient (Wildman–Crippen LogP) is 2.99. The van der Waals surface area contributed by atoms with Crippen LogP contribution in [0.3, 0.4) is 0 Å². The van der Waals surface area contributed by atoms with Crippen LogP contribution in [0.15, 0.2) is 22.5 Å². The Morgan fingerprint density at radius 2 is 2.40 bits per heavy atom. The van der Waals surface area contributed by atoms with Crippen molar-refractivity contribution in [3.05, 3.63) is 18.2 Å². The van der Waals surface area contributed by atoms with Gasteiger partial charge in [0.1, 0.15) is 0 Å². The molecule has 2 aromatic rings. The Labute approximate surface area is 96.9 Å². The van der Waals surface area contributed by atoms with Crippen LogP contribution < -0.4 is 5.73 Å². The molecule has 0 atom stereocenters. The SMILES string of the molecule is CC#CCSc1nc2ccc(N)cc2s1. The number of nitrogens with zero attached hydrogens (tertiary/aromatic N) is 1. The van der Waals surface area contributed by atoms with Crippen LogP contribution in [0, 0.1) is 11.8 Å². The van der Waals surface area contributed by atoms with Gasteiger partial charge in [-0.25, -0.2) is 4.98 Å². The van der Waals surface area contributed by atoms with Gasteiger partial charge in [-0.1, -0.05) is 17.7 Å². The fraction of sp³-hybridized carbons (Fsp3) is 0.182. The zero-order valence-corrected chi connectivity index (χ0v) is 9.91. The lowest BCUT2D eigenvalue weighted by Gasteiger charge is -1.88. The fourth-order valence-electron chi connectivity index (χ4n) is 1.15. The van der Waals surface area contributed by atoms with Gasteiger partial charge in [0, 0.05) is 5.69 Å². The molecule has 0 fully saturated rings. The molecule has 1 aromatic heterocycles. The molecule has 0 unspecified atom stereocenters. The van der Waals surface area contributed by atoms with Crippen LogP contribution in [0.2, 0.25) is 0 Å². The largest absolute Gasteiger partial charge is 0.399 e. The molecule has 0 bridgehead atoms. The topological polar surface area (TPSA) is 38.9 Å². The van der Waals surface area contributed by atoms with Gasteiger partial charge in [-0.2, -0.15) is 0 Å². The van der Waals surface area contributed by atoms with Gasteiger partial charge in [-0.15, -0.1) is 17.3 Å². The van der Waals surface area contributed by atoms with E-state index in [1.165, 1.54) is 0 Å². The molecule has 0 amide bonds. The lowest BCUT2D eigenvalue weighted by molar-refractivity contribution is 1.31. The first-order valence-corrected chi connectivity index (χ1v) is 6.28. The van der Waals surface area contributed by atoms with E-state index in [2.05, 4.69) is 16.8 Å². The van der Waals surface area contributed by atoms with Crippen LogP contribution in [0.1, 0.15) is 6.92 Å². The molecule has 0 aliphatic rings. The van der Waals surface area contributed by atoms with E-state index in [4.69, 9.17) is 5.73 Å². The van der Waals surface area contributed by atoms with Crippen molar-refractivity contribution in [2.75, 3.05) is 11.5 Å². The van der Waals surface area contributed by atoms with E-state index in [9.17, 15) is 0 Å². The molecule has 0 radical (unpaired) electrons. The highest BCUT2D eigenvalue weighted by Gasteiger charge is 2.03. The minimum atomic E-state index is 0.788. The van der Waals surface area contributed by atoms with Gasteiger partial charge in [-0.05, 0) is 25.1 Å². The third-order valence-electron chi connectivity index (χ3n) is 1.84. The molecule has 15 heavy (non-hydrogen) atoms. The van der Waals surface area contributed by atoms with Crippen LogP contribution in [-0.4, -0.2) is 10.7 Å². The molecule has 2 nitrogen and oxygen atoms in total. The monoisotopic (exact) mass is 234 g/mol. The summed E-state index contributed by atoms with van der Waals surface area (Å²) in [5, 5.41) is 0. The summed E-state index contributed by atoms with van der Waals surface area (Å²) in [6.07, 6.45) is 0.